The molecule has 0 atom stereocenters. The van der Waals surface area contributed by atoms with Crippen LogP contribution < -0.4 is 0 Å². The van der Waals surface area contributed by atoms with Crippen LogP contribution in [0.2, 0.25) is 5.02 Å². The third kappa shape index (κ3) is 2.36. The molecule has 108 valence electrons. The normalized spacial score (nSPS) is 10.5. The first-order chi connectivity index (χ1) is 10.6. The zero-order chi connectivity index (χ0) is 15.7. The van der Waals surface area contributed by atoms with E-state index in [1.807, 2.05) is 56.3 Å². The lowest BCUT2D eigenvalue weighted by Crippen LogP contribution is -2.01. The van der Waals surface area contributed by atoms with E-state index in [2.05, 4.69) is 16.4 Å². The number of rotatable bonds is 2. The molecule has 0 radical (unpaired) electrons. The van der Waals surface area contributed by atoms with Crippen LogP contribution >= 0.6 is 11.6 Å². The van der Waals surface area contributed by atoms with E-state index in [-0.39, 0.29) is 0 Å². The van der Waals surface area contributed by atoms with Gasteiger partial charge in [-0.2, -0.15) is 5.26 Å². The first-order valence-electron chi connectivity index (χ1n) is 6.80. The van der Waals surface area contributed by atoms with E-state index < -0.39 is 0 Å². The molecule has 1 heterocycles. The predicted molar refractivity (Wildman–Crippen MR) is 86.0 cm³/mol. The summed E-state index contributed by atoms with van der Waals surface area (Å²) in [5.74, 6) is 0. The number of nitrogens with zero attached hydrogens (tertiary/aromatic N) is 4. The number of nitriles is 1. The largest absolute Gasteiger partial charge is 0.211 e. The van der Waals surface area contributed by atoms with Gasteiger partial charge in [0, 0.05) is 10.6 Å². The summed E-state index contributed by atoms with van der Waals surface area (Å²) in [4.78, 5) is 0. The molecule has 0 spiro atoms. The van der Waals surface area contributed by atoms with Crippen molar-refractivity contribution in [3.05, 3.63) is 64.3 Å². The molecule has 0 fully saturated rings. The van der Waals surface area contributed by atoms with E-state index in [0.717, 1.165) is 22.4 Å². The SMILES string of the molecule is Cc1ccc(-n2nnc(C#N)c2-c2ccccc2C)cc1Cl. The second-order valence-electron chi connectivity index (χ2n) is 5.06. The highest BCUT2D eigenvalue weighted by Gasteiger charge is 2.17. The van der Waals surface area contributed by atoms with E-state index in [0.29, 0.717) is 16.4 Å². The van der Waals surface area contributed by atoms with Crippen LogP contribution in [-0.2, 0) is 0 Å². The van der Waals surface area contributed by atoms with E-state index in [4.69, 9.17) is 11.6 Å². The number of hydrogen-bond acceptors (Lipinski definition) is 3. The van der Waals surface area contributed by atoms with Gasteiger partial charge in [-0.3, -0.25) is 0 Å². The van der Waals surface area contributed by atoms with Crippen LogP contribution in [0.15, 0.2) is 42.5 Å². The van der Waals surface area contributed by atoms with Gasteiger partial charge in [-0.25, -0.2) is 4.68 Å². The average Bonchev–Trinajstić information content (AvgIpc) is 2.94. The maximum Gasteiger partial charge on any atom is 0.191 e. The number of hydrogen-bond donors (Lipinski definition) is 0. The van der Waals surface area contributed by atoms with Crippen LogP contribution in [-0.4, -0.2) is 15.0 Å². The van der Waals surface area contributed by atoms with Gasteiger partial charge in [-0.15, -0.1) is 5.10 Å². The molecule has 5 heteroatoms. The molecular weight excluding hydrogens is 296 g/mol. The molecule has 0 amide bonds. The fourth-order valence-corrected chi connectivity index (χ4v) is 2.51. The summed E-state index contributed by atoms with van der Waals surface area (Å²) in [6.07, 6.45) is 0. The molecule has 0 aliphatic carbocycles. The molecule has 0 aliphatic heterocycles. The first-order valence-corrected chi connectivity index (χ1v) is 7.18. The van der Waals surface area contributed by atoms with Gasteiger partial charge in [-0.1, -0.05) is 47.1 Å². The molecule has 3 rings (SSSR count). The van der Waals surface area contributed by atoms with E-state index in [1.54, 1.807) is 4.68 Å². The topological polar surface area (TPSA) is 54.5 Å². The van der Waals surface area contributed by atoms with Crippen LogP contribution in [0.25, 0.3) is 16.9 Å². The zero-order valence-corrected chi connectivity index (χ0v) is 13.0. The fraction of sp³-hybridized carbons (Fsp3) is 0.118. The molecule has 2 aromatic carbocycles. The number of aromatic nitrogens is 3. The van der Waals surface area contributed by atoms with Gasteiger partial charge >= 0.3 is 0 Å². The van der Waals surface area contributed by atoms with Crippen LogP contribution in [0, 0.1) is 25.2 Å². The van der Waals surface area contributed by atoms with Crippen LogP contribution in [0.1, 0.15) is 16.8 Å². The van der Waals surface area contributed by atoms with Crippen LogP contribution in [0.4, 0.5) is 0 Å². The summed E-state index contributed by atoms with van der Waals surface area (Å²) in [6.45, 7) is 3.94. The Morgan fingerprint density at radius 1 is 1.09 bits per heavy atom. The fourth-order valence-electron chi connectivity index (χ4n) is 2.33. The predicted octanol–water partition coefficient (Wildman–Crippen LogP) is 4.08. The number of benzene rings is 2. The Morgan fingerprint density at radius 2 is 1.86 bits per heavy atom. The molecule has 0 saturated carbocycles. The summed E-state index contributed by atoms with van der Waals surface area (Å²) in [5.41, 5.74) is 4.74. The quantitative estimate of drug-likeness (QED) is 0.717. The minimum Gasteiger partial charge on any atom is -0.211 e. The lowest BCUT2D eigenvalue weighted by molar-refractivity contribution is 0.806. The van der Waals surface area contributed by atoms with Crippen LogP contribution in [0.5, 0.6) is 0 Å². The van der Waals surface area contributed by atoms with Crippen molar-refractivity contribution in [3.63, 3.8) is 0 Å². The van der Waals surface area contributed by atoms with Crippen molar-refractivity contribution in [2.24, 2.45) is 0 Å². The Bertz CT molecular complexity index is 890. The molecule has 1 aromatic heterocycles. The van der Waals surface area contributed by atoms with Crippen molar-refractivity contribution in [2.45, 2.75) is 13.8 Å². The van der Waals surface area contributed by atoms with Crippen molar-refractivity contribution in [2.75, 3.05) is 0 Å². The smallest absolute Gasteiger partial charge is 0.191 e. The zero-order valence-electron chi connectivity index (χ0n) is 12.2. The summed E-state index contributed by atoms with van der Waals surface area (Å²) in [6, 6.07) is 15.6. The maximum absolute atomic E-state index is 9.34. The minimum atomic E-state index is 0.297. The van der Waals surface area contributed by atoms with Gasteiger partial charge in [0.2, 0.25) is 0 Å². The highest BCUT2D eigenvalue weighted by molar-refractivity contribution is 6.31. The van der Waals surface area contributed by atoms with Crippen molar-refractivity contribution in [1.29, 1.82) is 5.26 Å². The molecular formula is C17H13ClN4. The summed E-state index contributed by atoms with van der Waals surface area (Å²) in [5, 5.41) is 18.1. The van der Waals surface area contributed by atoms with Gasteiger partial charge in [-0.05, 0) is 37.1 Å². The number of halogens is 1. The molecule has 0 bridgehead atoms. The van der Waals surface area contributed by atoms with Gasteiger partial charge in [0.1, 0.15) is 11.8 Å². The van der Waals surface area contributed by atoms with Gasteiger partial charge in [0.25, 0.3) is 0 Å². The second kappa shape index (κ2) is 5.63. The van der Waals surface area contributed by atoms with Gasteiger partial charge in [0.05, 0.1) is 5.69 Å². The number of aryl methyl sites for hydroxylation is 2. The summed E-state index contributed by atoms with van der Waals surface area (Å²) >= 11 is 6.21. The Balaban J connectivity index is 2.27. The highest BCUT2D eigenvalue weighted by atomic mass is 35.5. The Labute approximate surface area is 133 Å². The molecule has 22 heavy (non-hydrogen) atoms. The Kier molecular flexibility index (Phi) is 3.66. The molecule has 0 unspecified atom stereocenters. The van der Waals surface area contributed by atoms with Gasteiger partial charge < -0.3 is 0 Å². The van der Waals surface area contributed by atoms with Crippen molar-refractivity contribution < 1.29 is 0 Å². The van der Waals surface area contributed by atoms with E-state index in [1.165, 1.54) is 0 Å². The van der Waals surface area contributed by atoms with Crippen molar-refractivity contribution >= 4 is 11.6 Å². The Hall–Kier alpha value is -2.64. The molecule has 3 aromatic rings. The molecule has 4 nitrogen and oxygen atoms in total. The standard InChI is InChI=1S/C17H13ClN4/c1-11-5-3-4-6-14(11)17-16(10-19)20-21-22(17)13-8-7-12(2)15(18)9-13/h3-9H,1-2H3. The minimum absolute atomic E-state index is 0.297. The van der Waals surface area contributed by atoms with E-state index in [9.17, 15) is 5.26 Å². The first kappa shape index (κ1) is 14.3. The van der Waals surface area contributed by atoms with Gasteiger partial charge in [0.15, 0.2) is 5.69 Å². The van der Waals surface area contributed by atoms with E-state index >= 15 is 0 Å². The second-order valence-corrected chi connectivity index (χ2v) is 5.47. The summed E-state index contributed by atoms with van der Waals surface area (Å²) < 4.78 is 1.66. The summed E-state index contributed by atoms with van der Waals surface area (Å²) in [7, 11) is 0. The third-order valence-electron chi connectivity index (χ3n) is 3.58. The Morgan fingerprint density at radius 3 is 2.55 bits per heavy atom. The lowest BCUT2D eigenvalue weighted by Gasteiger charge is -2.10. The van der Waals surface area contributed by atoms with Crippen molar-refractivity contribution in [1.82, 2.24) is 15.0 Å². The molecule has 0 saturated heterocycles. The molecule has 0 aliphatic rings. The van der Waals surface area contributed by atoms with Crippen molar-refractivity contribution in [3.8, 4) is 23.0 Å². The highest BCUT2D eigenvalue weighted by Crippen LogP contribution is 2.29. The molecule has 0 N–H and O–H groups in total. The third-order valence-corrected chi connectivity index (χ3v) is 3.98. The van der Waals surface area contributed by atoms with Crippen LogP contribution in [0.3, 0.4) is 0 Å². The lowest BCUT2D eigenvalue weighted by atomic mass is 10.0. The maximum atomic E-state index is 9.34. The average molecular weight is 309 g/mol. The monoisotopic (exact) mass is 308 g/mol.